The van der Waals surface area contributed by atoms with Crippen LogP contribution in [-0.4, -0.2) is 48.6 Å². The Balaban J connectivity index is 1.19. The Kier molecular flexibility index (Phi) is 6.63. The van der Waals surface area contributed by atoms with Crippen LogP contribution in [0.5, 0.6) is 0 Å². The molecular formula is C27H28ClN3O2. The highest BCUT2D eigenvalue weighted by atomic mass is 35.5. The summed E-state index contributed by atoms with van der Waals surface area (Å²) in [7, 11) is 0. The normalized spacial score (nSPS) is 19.0. The Bertz CT molecular complexity index is 1080. The monoisotopic (exact) mass is 461 g/mol. The van der Waals surface area contributed by atoms with Crippen LogP contribution in [-0.2, 0) is 17.8 Å². The molecule has 0 aromatic heterocycles. The number of ether oxygens (including phenoxy) is 1. The molecular weight excluding hydrogens is 434 g/mol. The Morgan fingerprint density at radius 3 is 2.00 bits per heavy atom. The highest BCUT2D eigenvalue weighted by Crippen LogP contribution is 2.29. The number of nitrogens with one attached hydrogen (secondary N) is 1. The Morgan fingerprint density at radius 2 is 1.39 bits per heavy atom. The molecule has 170 valence electrons. The largest absolute Gasteiger partial charge is 0.439 e. The van der Waals surface area contributed by atoms with Crippen LogP contribution in [0.25, 0.3) is 11.1 Å². The number of amides is 1. The molecule has 2 saturated heterocycles. The first kappa shape index (κ1) is 22.0. The molecule has 0 aliphatic carbocycles. The van der Waals surface area contributed by atoms with Gasteiger partial charge in [0.25, 0.3) is 0 Å². The molecule has 1 atom stereocenters. The van der Waals surface area contributed by atoms with Crippen molar-refractivity contribution in [2.24, 2.45) is 0 Å². The maximum absolute atomic E-state index is 12.4. The summed E-state index contributed by atoms with van der Waals surface area (Å²) >= 11 is 5.97. The van der Waals surface area contributed by atoms with Gasteiger partial charge in [-0.25, -0.2) is 4.79 Å². The van der Waals surface area contributed by atoms with Gasteiger partial charge in [0.1, 0.15) is 6.10 Å². The topological polar surface area (TPSA) is 44.8 Å². The van der Waals surface area contributed by atoms with Gasteiger partial charge in [-0.05, 0) is 39.9 Å². The standard InChI is InChI=1S/C27H28ClN3O2/c28-25-11-9-24(10-12-25)26-19-31(27(32)33-26)18-21-3-7-23(8-4-21)22-5-1-20(2-6-22)17-30-15-13-29-14-16-30/h1-12,26,29H,13-19H2/t26-/m0/s1. The maximum Gasteiger partial charge on any atom is 0.410 e. The zero-order chi connectivity index (χ0) is 22.6. The SMILES string of the molecule is O=C1O[C@H](c2ccc(Cl)cc2)CN1Cc1ccc(-c2ccc(CN3CCNCC3)cc2)cc1. The van der Waals surface area contributed by atoms with Crippen LogP contribution in [0.2, 0.25) is 5.02 Å². The third-order valence-electron chi connectivity index (χ3n) is 6.36. The van der Waals surface area contributed by atoms with Gasteiger partial charge in [0.05, 0.1) is 6.54 Å². The first-order valence-electron chi connectivity index (χ1n) is 11.5. The van der Waals surface area contributed by atoms with E-state index in [0.29, 0.717) is 18.1 Å². The third-order valence-corrected chi connectivity index (χ3v) is 6.61. The van der Waals surface area contributed by atoms with Crippen molar-refractivity contribution in [3.8, 4) is 11.1 Å². The average Bonchev–Trinajstić information content (AvgIpc) is 3.21. The maximum atomic E-state index is 12.4. The second-order valence-electron chi connectivity index (χ2n) is 8.72. The molecule has 3 aromatic rings. The van der Waals surface area contributed by atoms with E-state index in [1.165, 1.54) is 16.7 Å². The number of hydrogen-bond donors (Lipinski definition) is 1. The van der Waals surface area contributed by atoms with Crippen molar-refractivity contribution < 1.29 is 9.53 Å². The second-order valence-corrected chi connectivity index (χ2v) is 9.16. The van der Waals surface area contributed by atoms with Crippen LogP contribution in [0.4, 0.5) is 4.79 Å². The number of nitrogens with zero attached hydrogens (tertiary/aromatic N) is 2. The van der Waals surface area contributed by atoms with E-state index < -0.39 is 0 Å². The van der Waals surface area contributed by atoms with Crippen LogP contribution in [0, 0.1) is 0 Å². The zero-order valence-electron chi connectivity index (χ0n) is 18.5. The quantitative estimate of drug-likeness (QED) is 0.554. The van der Waals surface area contributed by atoms with Crippen LogP contribution >= 0.6 is 11.6 Å². The van der Waals surface area contributed by atoms with Gasteiger partial charge in [-0.15, -0.1) is 0 Å². The van der Waals surface area contributed by atoms with Crippen molar-refractivity contribution in [3.05, 3.63) is 94.5 Å². The first-order chi connectivity index (χ1) is 16.1. The van der Waals surface area contributed by atoms with Gasteiger partial charge in [-0.3, -0.25) is 9.80 Å². The fourth-order valence-corrected chi connectivity index (χ4v) is 4.57. The lowest BCUT2D eigenvalue weighted by Crippen LogP contribution is -2.42. The van der Waals surface area contributed by atoms with E-state index >= 15 is 0 Å². The van der Waals surface area contributed by atoms with E-state index in [1.54, 1.807) is 4.90 Å². The molecule has 2 aliphatic heterocycles. The van der Waals surface area contributed by atoms with Gasteiger partial charge in [-0.2, -0.15) is 0 Å². The number of cyclic esters (lactones) is 1. The number of carbonyl (C=O) groups is 1. The molecule has 1 N–H and O–H groups in total. The molecule has 2 heterocycles. The summed E-state index contributed by atoms with van der Waals surface area (Å²) in [5.74, 6) is 0. The minimum absolute atomic E-state index is 0.256. The molecule has 0 spiro atoms. The van der Waals surface area contributed by atoms with E-state index in [-0.39, 0.29) is 12.2 Å². The molecule has 0 unspecified atom stereocenters. The molecule has 5 rings (SSSR count). The summed E-state index contributed by atoms with van der Waals surface area (Å²) in [6.07, 6.45) is -0.534. The number of carbonyl (C=O) groups excluding carboxylic acids is 1. The summed E-state index contributed by atoms with van der Waals surface area (Å²) in [5, 5.41) is 4.07. The number of benzene rings is 3. The van der Waals surface area contributed by atoms with E-state index in [4.69, 9.17) is 16.3 Å². The van der Waals surface area contributed by atoms with E-state index in [1.807, 2.05) is 24.3 Å². The van der Waals surface area contributed by atoms with Gasteiger partial charge in [0.2, 0.25) is 0 Å². The van der Waals surface area contributed by atoms with Crippen molar-refractivity contribution >= 4 is 17.7 Å². The fraction of sp³-hybridized carbons (Fsp3) is 0.296. The van der Waals surface area contributed by atoms with Gasteiger partial charge < -0.3 is 10.1 Å². The molecule has 3 aromatic carbocycles. The van der Waals surface area contributed by atoms with E-state index in [0.717, 1.165) is 43.9 Å². The van der Waals surface area contributed by atoms with Crippen LogP contribution in [0.3, 0.4) is 0 Å². The number of piperazine rings is 1. The van der Waals surface area contributed by atoms with Crippen molar-refractivity contribution in [3.63, 3.8) is 0 Å². The molecule has 5 nitrogen and oxygen atoms in total. The second kappa shape index (κ2) is 9.96. The fourth-order valence-electron chi connectivity index (χ4n) is 4.44. The first-order valence-corrected chi connectivity index (χ1v) is 11.8. The van der Waals surface area contributed by atoms with Gasteiger partial charge in [0.15, 0.2) is 0 Å². The van der Waals surface area contributed by atoms with E-state index in [2.05, 4.69) is 58.7 Å². The molecule has 0 radical (unpaired) electrons. The highest BCUT2D eigenvalue weighted by Gasteiger charge is 2.32. The van der Waals surface area contributed by atoms with Crippen molar-refractivity contribution in [2.75, 3.05) is 32.7 Å². The van der Waals surface area contributed by atoms with Gasteiger partial charge in [-0.1, -0.05) is 72.3 Å². The predicted octanol–water partition coefficient (Wildman–Crippen LogP) is 5.11. The number of rotatable bonds is 6. The Hall–Kier alpha value is -2.86. The lowest BCUT2D eigenvalue weighted by molar-refractivity contribution is 0.132. The number of halogens is 1. The summed E-state index contributed by atoms with van der Waals surface area (Å²) in [5.41, 5.74) is 5.78. The Morgan fingerprint density at radius 1 is 0.818 bits per heavy atom. The molecule has 33 heavy (non-hydrogen) atoms. The zero-order valence-corrected chi connectivity index (χ0v) is 19.3. The summed E-state index contributed by atoms with van der Waals surface area (Å²) < 4.78 is 5.57. The third kappa shape index (κ3) is 5.38. The molecule has 0 saturated carbocycles. The molecule has 6 heteroatoms. The molecule has 2 aliphatic rings. The molecule has 1 amide bonds. The molecule has 0 bridgehead atoms. The summed E-state index contributed by atoms with van der Waals surface area (Å²) in [6, 6.07) is 24.7. The van der Waals surface area contributed by atoms with Crippen molar-refractivity contribution in [1.82, 2.24) is 15.1 Å². The van der Waals surface area contributed by atoms with Crippen molar-refractivity contribution in [1.29, 1.82) is 0 Å². The highest BCUT2D eigenvalue weighted by molar-refractivity contribution is 6.30. The lowest BCUT2D eigenvalue weighted by atomic mass is 10.0. The van der Waals surface area contributed by atoms with Gasteiger partial charge in [0, 0.05) is 44.3 Å². The Labute approximate surface area is 199 Å². The number of hydrogen-bond acceptors (Lipinski definition) is 4. The minimum atomic E-state index is -0.279. The molecule has 2 fully saturated rings. The summed E-state index contributed by atoms with van der Waals surface area (Å²) in [6.45, 7) is 6.43. The average molecular weight is 462 g/mol. The van der Waals surface area contributed by atoms with E-state index in [9.17, 15) is 4.79 Å². The van der Waals surface area contributed by atoms with Gasteiger partial charge >= 0.3 is 6.09 Å². The smallest absolute Gasteiger partial charge is 0.410 e. The van der Waals surface area contributed by atoms with Crippen LogP contribution in [0.15, 0.2) is 72.8 Å². The van der Waals surface area contributed by atoms with Crippen LogP contribution in [0.1, 0.15) is 22.8 Å². The van der Waals surface area contributed by atoms with Crippen LogP contribution < -0.4 is 5.32 Å². The van der Waals surface area contributed by atoms with Crippen molar-refractivity contribution in [2.45, 2.75) is 19.2 Å². The lowest BCUT2D eigenvalue weighted by Gasteiger charge is -2.27. The summed E-state index contributed by atoms with van der Waals surface area (Å²) in [4.78, 5) is 16.6. The predicted molar refractivity (Wildman–Crippen MR) is 131 cm³/mol. The minimum Gasteiger partial charge on any atom is -0.439 e.